The van der Waals surface area contributed by atoms with E-state index in [1.165, 1.54) is 11.8 Å². The number of hydrogen-bond donors (Lipinski definition) is 1. The molecule has 0 aliphatic heterocycles. The van der Waals surface area contributed by atoms with Crippen LogP contribution in [0.2, 0.25) is 0 Å². The number of thioether (sulfide) groups is 1. The maximum Gasteiger partial charge on any atom is 0.250 e. The second-order valence-corrected chi connectivity index (χ2v) is 9.67. The van der Waals surface area contributed by atoms with Crippen LogP contribution in [-0.2, 0) is 11.4 Å². The Bertz CT molecular complexity index is 1500. The van der Waals surface area contributed by atoms with Gasteiger partial charge in [-0.1, -0.05) is 30.0 Å². The summed E-state index contributed by atoms with van der Waals surface area (Å²) in [5.74, 6) is 0.670. The van der Waals surface area contributed by atoms with Gasteiger partial charge in [-0.2, -0.15) is 10.4 Å². The molecule has 8 nitrogen and oxygen atoms in total. The van der Waals surface area contributed by atoms with Gasteiger partial charge in [0.15, 0.2) is 5.16 Å². The van der Waals surface area contributed by atoms with Gasteiger partial charge in [0, 0.05) is 39.6 Å². The molecule has 2 aromatic heterocycles. The van der Waals surface area contributed by atoms with Gasteiger partial charge in [0.05, 0.1) is 23.6 Å². The van der Waals surface area contributed by atoms with Gasteiger partial charge in [0.25, 0.3) is 5.91 Å². The van der Waals surface area contributed by atoms with Crippen LogP contribution in [0, 0.1) is 39.0 Å². The molecule has 0 radical (unpaired) electrons. The fraction of sp³-hybridized carbons (Fsp3) is 0.207. The van der Waals surface area contributed by atoms with Crippen molar-refractivity contribution in [2.24, 2.45) is 5.10 Å². The van der Waals surface area contributed by atoms with Crippen LogP contribution >= 0.6 is 11.8 Å². The molecule has 2 heterocycles. The van der Waals surface area contributed by atoms with E-state index in [9.17, 15) is 10.1 Å². The summed E-state index contributed by atoms with van der Waals surface area (Å²) in [6.45, 7) is 8.16. The summed E-state index contributed by atoms with van der Waals surface area (Å²) in [7, 11) is 0. The molecule has 1 N–H and O–H groups in total. The Kier molecular flexibility index (Phi) is 8.56. The Labute approximate surface area is 226 Å². The first-order valence-corrected chi connectivity index (χ1v) is 13.0. The van der Waals surface area contributed by atoms with Crippen LogP contribution < -0.4 is 10.2 Å². The van der Waals surface area contributed by atoms with E-state index >= 15 is 0 Å². The van der Waals surface area contributed by atoms with Gasteiger partial charge in [-0.25, -0.2) is 15.4 Å². The van der Waals surface area contributed by atoms with E-state index in [1.54, 1.807) is 12.3 Å². The molecule has 2 aromatic carbocycles. The second kappa shape index (κ2) is 12.2. The lowest BCUT2D eigenvalue weighted by Gasteiger charge is -2.12. The molecule has 0 saturated carbocycles. The molecule has 0 aliphatic carbocycles. The Morgan fingerprint density at radius 2 is 1.79 bits per heavy atom. The molecule has 4 aromatic rings. The minimum absolute atomic E-state index is 0.176. The zero-order chi connectivity index (χ0) is 27.1. The number of aryl methyl sites for hydroxylation is 3. The summed E-state index contributed by atoms with van der Waals surface area (Å²) in [6.07, 6.45) is 1.65. The first kappa shape index (κ1) is 26.6. The van der Waals surface area contributed by atoms with Gasteiger partial charge in [-0.15, -0.1) is 0 Å². The summed E-state index contributed by atoms with van der Waals surface area (Å²) in [4.78, 5) is 20.9. The van der Waals surface area contributed by atoms with Gasteiger partial charge >= 0.3 is 0 Å². The van der Waals surface area contributed by atoms with Crippen molar-refractivity contribution >= 4 is 23.9 Å². The van der Waals surface area contributed by atoms with Crippen LogP contribution in [0.4, 0.5) is 0 Å². The van der Waals surface area contributed by atoms with Crippen molar-refractivity contribution in [1.82, 2.24) is 20.0 Å². The molecule has 192 valence electrons. The number of ether oxygens (including phenoxy) is 1. The summed E-state index contributed by atoms with van der Waals surface area (Å²) >= 11 is 1.28. The van der Waals surface area contributed by atoms with Crippen molar-refractivity contribution in [3.8, 4) is 17.5 Å². The average Bonchev–Trinajstić information content (AvgIpc) is 3.18. The van der Waals surface area contributed by atoms with E-state index in [1.807, 2.05) is 82.3 Å². The maximum absolute atomic E-state index is 12.2. The normalized spacial score (nSPS) is 10.9. The highest BCUT2D eigenvalue weighted by Crippen LogP contribution is 2.23. The molecule has 9 heteroatoms. The average molecular weight is 525 g/mol. The number of aromatic nitrogens is 3. The molecular weight excluding hydrogens is 496 g/mol. The number of amides is 1. The topological polar surface area (TPSA) is 105 Å². The number of rotatable bonds is 9. The van der Waals surface area contributed by atoms with Crippen LogP contribution in [0.5, 0.6) is 5.75 Å². The van der Waals surface area contributed by atoms with Gasteiger partial charge in [0.1, 0.15) is 12.4 Å². The van der Waals surface area contributed by atoms with Crippen molar-refractivity contribution in [2.45, 2.75) is 39.5 Å². The molecule has 1 amide bonds. The number of hydrogen-bond acceptors (Lipinski definition) is 7. The molecule has 0 saturated heterocycles. The van der Waals surface area contributed by atoms with Crippen LogP contribution in [0.1, 0.15) is 39.5 Å². The molecule has 38 heavy (non-hydrogen) atoms. The van der Waals surface area contributed by atoms with E-state index in [-0.39, 0.29) is 11.7 Å². The number of nitrogens with one attached hydrogen (secondary N) is 1. The van der Waals surface area contributed by atoms with Gasteiger partial charge in [0.2, 0.25) is 0 Å². The number of carbonyl (C=O) groups is 1. The van der Waals surface area contributed by atoms with Gasteiger partial charge in [-0.3, -0.25) is 4.79 Å². The van der Waals surface area contributed by atoms with Crippen LogP contribution in [0.15, 0.2) is 70.9 Å². The van der Waals surface area contributed by atoms with Crippen molar-refractivity contribution < 1.29 is 9.53 Å². The first-order valence-electron chi connectivity index (χ1n) is 12.0. The quantitative estimate of drug-likeness (QED) is 0.140. The lowest BCUT2D eigenvalue weighted by Crippen LogP contribution is -2.19. The molecular formula is C29H28N6O2S. The Morgan fingerprint density at radius 3 is 2.50 bits per heavy atom. The highest BCUT2D eigenvalue weighted by molar-refractivity contribution is 7.99. The predicted molar refractivity (Wildman–Crippen MR) is 149 cm³/mol. The highest BCUT2D eigenvalue weighted by atomic mass is 32.2. The first-order chi connectivity index (χ1) is 18.3. The number of nitriles is 1. The predicted octanol–water partition coefficient (Wildman–Crippen LogP) is 5.19. The van der Waals surface area contributed by atoms with Crippen molar-refractivity contribution in [3.05, 3.63) is 100 Å². The third kappa shape index (κ3) is 6.66. The third-order valence-electron chi connectivity index (χ3n) is 5.78. The van der Waals surface area contributed by atoms with Gasteiger partial charge < -0.3 is 9.30 Å². The maximum atomic E-state index is 12.2. The van der Waals surface area contributed by atoms with E-state index in [4.69, 9.17) is 4.74 Å². The van der Waals surface area contributed by atoms with Crippen LogP contribution in [-0.4, -0.2) is 32.4 Å². The summed E-state index contributed by atoms with van der Waals surface area (Å²) in [5, 5.41) is 14.0. The number of carbonyl (C=O) groups excluding carboxylic acids is 1. The second-order valence-electron chi connectivity index (χ2n) is 8.73. The van der Waals surface area contributed by atoms with E-state index in [0.29, 0.717) is 17.3 Å². The SMILES string of the molecule is Cc1cc(C)nc(SCC(=O)N/N=C\c2cc(C)n(-c3ccc(OCc4ccccc4C#N)cc3)c2C)n1. The largest absolute Gasteiger partial charge is 0.489 e. The van der Waals surface area contributed by atoms with Crippen molar-refractivity contribution in [3.63, 3.8) is 0 Å². The number of benzene rings is 2. The van der Waals surface area contributed by atoms with Crippen LogP contribution in [0.25, 0.3) is 5.69 Å². The third-order valence-corrected chi connectivity index (χ3v) is 6.63. The Balaban J connectivity index is 1.36. The molecule has 0 atom stereocenters. The molecule has 0 fully saturated rings. The molecule has 0 unspecified atom stereocenters. The summed E-state index contributed by atoms with van der Waals surface area (Å²) < 4.78 is 8.01. The van der Waals surface area contributed by atoms with E-state index < -0.39 is 0 Å². The zero-order valence-electron chi connectivity index (χ0n) is 21.7. The Hall–Kier alpha value is -4.42. The van der Waals surface area contributed by atoms with Crippen LogP contribution in [0.3, 0.4) is 0 Å². The Morgan fingerprint density at radius 1 is 1.08 bits per heavy atom. The van der Waals surface area contributed by atoms with E-state index in [2.05, 4.69) is 31.1 Å². The number of hydrazone groups is 1. The fourth-order valence-electron chi connectivity index (χ4n) is 4.02. The smallest absolute Gasteiger partial charge is 0.250 e. The lowest BCUT2D eigenvalue weighted by molar-refractivity contribution is -0.118. The molecule has 4 rings (SSSR count). The zero-order valence-corrected chi connectivity index (χ0v) is 22.5. The van der Waals surface area contributed by atoms with E-state index in [0.717, 1.165) is 45.3 Å². The van der Waals surface area contributed by atoms with Crippen molar-refractivity contribution in [2.75, 3.05) is 5.75 Å². The highest BCUT2D eigenvalue weighted by Gasteiger charge is 2.11. The fourth-order valence-corrected chi connectivity index (χ4v) is 4.76. The number of nitrogens with zero attached hydrogens (tertiary/aromatic N) is 5. The molecule has 0 aliphatic rings. The lowest BCUT2D eigenvalue weighted by atomic mass is 10.1. The van der Waals surface area contributed by atoms with Crippen molar-refractivity contribution in [1.29, 1.82) is 5.26 Å². The molecule has 0 spiro atoms. The summed E-state index contributed by atoms with van der Waals surface area (Å²) in [5.41, 5.74) is 9.71. The minimum atomic E-state index is -0.226. The minimum Gasteiger partial charge on any atom is -0.489 e. The summed E-state index contributed by atoms with van der Waals surface area (Å²) in [6, 6.07) is 21.3. The van der Waals surface area contributed by atoms with Gasteiger partial charge in [-0.05, 0) is 70.2 Å². The monoisotopic (exact) mass is 524 g/mol. The standard InChI is InChI=1S/C29H28N6O2S/c1-19-13-20(2)33-29(32-19)38-18-28(36)34-31-16-25-14-21(3)35(22(25)4)26-9-11-27(12-10-26)37-17-24-8-6-5-7-23(24)15-30/h5-14,16H,17-18H2,1-4H3,(H,34,36)/b31-16-. The molecule has 0 bridgehead atoms.